The molecule has 1 aromatic carbocycles. The number of hydrogen-bond acceptors (Lipinski definition) is 5. The number of unbranched alkanes of at least 4 members (excludes halogenated alkanes) is 1. The zero-order valence-electron chi connectivity index (χ0n) is 17.4. The molecule has 0 aliphatic rings. The molecule has 0 aromatic heterocycles. The Morgan fingerprint density at radius 2 is 1.67 bits per heavy atom. The maximum absolute atomic E-state index is 13.1. The zero-order valence-corrected chi connectivity index (χ0v) is 17.4. The first-order valence-electron chi connectivity index (χ1n) is 9.70. The van der Waals surface area contributed by atoms with Gasteiger partial charge in [0.1, 0.15) is 5.75 Å². The molecule has 0 bridgehead atoms. The van der Waals surface area contributed by atoms with Gasteiger partial charge in [-0.1, -0.05) is 32.9 Å². The highest BCUT2D eigenvalue weighted by Gasteiger charge is 2.24. The molecule has 0 radical (unpaired) electrons. The first-order chi connectivity index (χ1) is 13.0. The molecule has 1 unspecified atom stereocenters. The average molecular weight is 379 g/mol. The SMILES string of the molecule is CCN(CC)CCCCN(CC(C)C(=O)OC)C(=O)c1ccccc1OC. The Labute approximate surface area is 163 Å². The van der Waals surface area contributed by atoms with Crippen LogP contribution in [0.15, 0.2) is 24.3 Å². The number of esters is 1. The van der Waals surface area contributed by atoms with Gasteiger partial charge in [0.15, 0.2) is 0 Å². The summed E-state index contributed by atoms with van der Waals surface area (Å²) in [5, 5.41) is 0. The van der Waals surface area contributed by atoms with E-state index in [0.29, 0.717) is 24.4 Å². The van der Waals surface area contributed by atoms with Crippen LogP contribution in [0.25, 0.3) is 0 Å². The second-order valence-corrected chi connectivity index (χ2v) is 6.61. The molecule has 0 aliphatic carbocycles. The number of benzene rings is 1. The molecular formula is C21H34N2O4. The van der Waals surface area contributed by atoms with Crippen LogP contribution in [-0.4, -0.2) is 68.6 Å². The molecule has 0 spiro atoms. The molecule has 0 heterocycles. The molecular weight excluding hydrogens is 344 g/mol. The largest absolute Gasteiger partial charge is 0.496 e. The quantitative estimate of drug-likeness (QED) is 0.413. The van der Waals surface area contributed by atoms with Gasteiger partial charge >= 0.3 is 5.97 Å². The van der Waals surface area contributed by atoms with Crippen molar-refractivity contribution >= 4 is 11.9 Å². The van der Waals surface area contributed by atoms with Gasteiger partial charge in [-0.3, -0.25) is 9.59 Å². The Hall–Kier alpha value is -2.08. The minimum absolute atomic E-state index is 0.119. The van der Waals surface area contributed by atoms with Crippen LogP contribution in [0.5, 0.6) is 5.75 Å². The predicted octanol–water partition coefficient (Wildman–Crippen LogP) is 3.07. The molecule has 0 saturated carbocycles. The maximum atomic E-state index is 13.1. The number of rotatable bonds is 12. The minimum atomic E-state index is -0.378. The van der Waals surface area contributed by atoms with E-state index in [9.17, 15) is 9.59 Å². The number of carbonyl (C=O) groups is 2. The summed E-state index contributed by atoms with van der Waals surface area (Å²) in [4.78, 5) is 29.0. The Balaban J connectivity index is 2.83. The number of methoxy groups -OCH3 is 2. The lowest BCUT2D eigenvalue weighted by Crippen LogP contribution is -2.38. The van der Waals surface area contributed by atoms with E-state index < -0.39 is 0 Å². The highest BCUT2D eigenvalue weighted by atomic mass is 16.5. The molecule has 27 heavy (non-hydrogen) atoms. The number of nitrogens with zero attached hydrogens (tertiary/aromatic N) is 2. The van der Waals surface area contributed by atoms with Gasteiger partial charge in [0.2, 0.25) is 0 Å². The molecule has 0 saturated heterocycles. The van der Waals surface area contributed by atoms with Crippen LogP contribution in [0.4, 0.5) is 0 Å². The summed E-state index contributed by atoms with van der Waals surface area (Å²) in [5.41, 5.74) is 0.515. The van der Waals surface area contributed by atoms with Gasteiger partial charge in [0, 0.05) is 13.1 Å². The third-order valence-electron chi connectivity index (χ3n) is 4.77. The normalized spacial score (nSPS) is 11.9. The molecule has 1 aromatic rings. The Bertz CT molecular complexity index is 587. The standard InChI is InChI=1S/C21H34N2O4/c1-6-22(7-2)14-10-11-15-23(16-17(3)21(25)27-5)20(24)18-12-8-9-13-19(18)26-4/h8-9,12-13,17H,6-7,10-11,14-16H2,1-5H3. The van der Waals surface area contributed by atoms with Crippen LogP contribution in [0, 0.1) is 5.92 Å². The number of hydrogen-bond donors (Lipinski definition) is 0. The van der Waals surface area contributed by atoms with Gasteiger partial charge in [-0.05, 0) is 44.6 Å². The van der Waals surface area contributed by atoms with Crippen molar-refractivity contribution in [2.75, 3.05) is 46.9 Å². The van der Waals surface area contributed by atoms with Crippen molar-refractivity contribution in [2.24, 2.45) is 5.92 Å². The van der Waals surface area contributed by atoms with E-state index in [0.717, 1.165) is 32.5 Å². The van der Waals surface area contributed by atoms with Crippen molar-refractivity contribution in [1.29, 1.82) is 0 Å². The summed E-state index contributed by atoms with van der Waals surface area (Å²) in [5.74, 6) is -0.264. The first-order valence-corrected chi connectivity index (χ1v) is 9.70. The van der Waals surface area contributed by atoms with Crippen molar-refractivity contribution < 1.29 is 19.1 Å². The van der Waals surface area contributed by atoms with E-state index in [1.807, 2.05) is 12.1 Å². The fraction of sp³-hybridized carbons (Fsp3) is 0.619. The zero-order chi connectivity index (χ0) is 20.2. The second kappa shape index (κ2) is 12.3. The molecule has 0 fully saturated rings. The topological polar surface area (TPSA) is 59.1 Å². The van der Waals surface area contributed by atoms with Crippen LogP contribution in [0.1, 0.15) is 44.0 Å². The van der Waals surface area contributed by atoms with Gasteiger partial charge in [-0.25, -0.2) is 0 Å². The van der Waals surface area contributed by atoms with E-state index in [1.165, 1.54) is 7.11 Å². The smallest absolute Gasteiger partial charge is 0.310 e. The van der Waals surface area contributed by atoms with Gasteiger partial charge in [0.05, 0.1) is 25.7 Å². The lowest BCUT2D eigenvalue weighted by molar-refractivity contribution is -0.145. The fourth-order valence-corrected chi connectivity index (χ4v) is 3.05. The first kappa shape index (κ1) is 23.0. The number of ether oxygens (including phenoxy) is 2. The highest BCUT2D eigenvalue weighted by Crippen LogP contribution is 2.20. The molecule has 0 N–H and O–H groups in total. The highest BCUT2D eigenvalue weighted by molar-refractivity contribution is 5.97. The van der Waals surface area contributed by atoms with Crippen LogP contribution < -0.4 is 4.74 Å². The van der Waals surface area contributed by atoms with Gasteiger partial charge in [-0.15, -0.1) is 0 Å². The molecule has 152 valence electrons. The summed E-state index contributed by atoms with van der Waals surface area (Å²) in [6.07, 6.45) is 1.88. The monoisotopic (exact) mass is 378 g/mol. The lowest BCUT2D eigenvalue weighted by atomic mass is 10.1. The molecule has 6 nitrogen and oxygen atoms in total. The Kier molecular flexibility index (Phi) is 10.5. The lowest BCUT2D eigenvalue weighted by Gasteiger charge is -2.26. The maximum Gasteiger partial charge on any atom is 0.310 e. The molecule has 0 aliphatic heterocycles. The molecule has 1 amide bonds. The van der Waals surface area contributed by atoms with Crippen LogP contribution in [0.3, 0.4) is 0 Å². The molecule has 1 atom stereocenters. The van der Waals surface area contributed by atoms with Crippen LogP contribution in [-0.2, 0) is 9.53 Å². The summed E-state index contributed by atoms with van der Waals surface area (Å²) < 4.78 is 10.2. The van der Waals surface area contributed by atoms with E-state index in [-0.39, 0.29) is 17.8 Å². The summed E-state index contributed by atoms with van der Waals surface area (Å²) in [6, 6.07) is 7.18. The third-order valence-corrected chi connectivity index (χ3v) is 4.77. The van der Waals surface area contributed by atoms with Crippen molar-refractivity contribution in [3.05, 3.63) is 29.8 Å². The van der Waals surface area contributed by atoms with Gasteiger partial charge in [0.25, 0.3) is 5.91 Å². The van der Waals surface area contributed by atoms with E-state index in [4.69, 9.17) is 9.47 Å². The third kappa shape index (κ3) is 7.21. The Morgan fingerprint density at radius 3 is 2.26 bits per heavy atom. The van der Waals surface area contributed by atoms with Crippen molar-refractivity contribution in [2.45, 2.75) is 33.6 Å². The Morgan fingerprint density at radius 1 is 1.04 bits per heavy atom. The summed E-state index contributed by atoms with van der Waals surface area (Å²) in [7, 11) is 2.92. The van der Waals surface area contributed by atoms with Crippen LogP contribution >= 0.6 is 0 Å². The van der Waals surface area contributed by atoms with Crippen molar-refractivity contribution in [1.82, 2.24) is 9.80 Å². The van der Waals surface area contributed by atoms with Crippen LogP contribution in [0.2, 0.25) is 0 Å². The second-order valence-electron chi connectivity index (χ2n) is 6.61. The fourth-order valence-electron chi connectivity index (χ4n) is 3.05. The summed E-state index contributed by atoms with van der Waals surface area (Å²) >= 11 is 0. The predicted molar refractivity (Wildman–Crippen MR) is 107 cm³/mol. The van der Waals surface area contributed by atoms with Crippen molar-refractivity contribution in [3.63, 3.8) is 0 Å². The van der Waals surface area contributed by atoms with Gasteiger partial charge < -0.3 is 19.3 Å². The average Bonchev–Trinajstić information content (AvgIpc) is 2.71. The van der Waals surface area contributed by atoms with E-state index in [2.05, 4.69) is 18.7 Å². The van der Waals surface area contributed by atoms with Gasteiger partial charge in [-0.2, -0.15) is 0 Å². The number of carbonyl (C=O) groups excluding carboxylic acids is 2. The number of para-hydroxylation sites is 1. The minimum Gasteiger partial charge on any atom is -0.496 e. The van der Waals surface area contributed by atoms with E-state index in [1.54, 1.807) is 31.1 Å². The van der Waals surface area contributed by atoms with E-state index >= 15 is 0 Å². The number of amides is 1. The van der Waals surface area contributed by atoms with Crippen molar-refractivity contribution in [3.8, 4) is 5.75 Å². The summed E-state index contributed by atoms with van der Waals surface area (Å²) in [6.45, 7) is 10.1. The molecule has 1 rings (SSSR count). The molecule has 6 heteroatoms.